The van der Waals surface area contributed by atoms with Gasteiger partial charge in [-0.2, -0.15) is 11.8 Å². The maximum absolute atomic E-state index is 8.77. The highest BCUT2D eigenvalue weighted by Gasteiger charge is 2.15. The van der Waals surface area contributed by atoms with Crippen molar-refractivity contribution in [2.45, 2.75) is 23.8 Å². The molecule has 0 radical (unpaired) electrons. The third-order valence-corrected chi connectivity index (χ3v) is 4.46. The van der Waals surface area contributed by atoms with Gasteiger partial charge in [0.1, 0.15) is 0 Å². The molecule has 2 rings (SSSR count). The average molecular weight is 266 g/mol. The van der Waals surface area contributed by atoms with Gasteiger partial charge in [-0.15, -0.1) is 0 Å². The summed E-state index contributed by atoms with van der Waals surface area (Å²) in [6.45, 7) is 1.72. The fraction of sp³-hybridized carbons (Fsp3) is 0.462. The van der Waals surface area contributed by atoms with Crippen LogP contribution in [0.25, 0.3) is 0 Å². The fourth-order valence-corrected chi connectivity index (χ4v) is 3.19. The first-order valence-electron chi connectivity index (χ1n) is 6.06. The van der Waals surface area contributed by atoms with Gasteiger partial charge in [0, 0.05) is 29.8 Å². The molecule has 0 aromatic heterocycles. The van der Waals surface area contributed by atoms with E-state index in [1.165, 1.54) is 0 Å². The summed E-state index contributed by atoms with van der Waals surface area (Å²) in [5.41, 5.74) is 7.61. The molecule has 1 saturated heterocycles. The Balaban J connectivity index is 2.00. The Morgan fingerprint density at radius 2 is 2.11 bits per heavy atom. The van der Waals surface area contributed by atoms with Crippen molar-refractivity contribution >= 4 is 17.6 Å². The number of nitrogens with two attached hydrogens (primary N) is 1. The first kappa shape index (κ1) is 13.2. The number of nitrogens with zero attached hydrogens (tertiary/aromatic N) is 1. The standard InChI is InChI=1S/C13H18N2O2S/c14-13(15-16)12-4-2-1-3-10(12)9-18-11-5-7-17-8-6-11/h1-4,11,16H,5-9H2,(H2,14,15). The second kappa shape index (κ2) is 6.66. The van der Waals surface area contributed by atoms with Crippen LogP contribution in [0, 0.1) is 0 Å². The molecule has 18 heavy (non-hydrogen) atoms. The number of benzene rings is 1. The van der Waals surface area contributed by atoms with E-state index in [4.69, 9.17) is 15.7 Å². The second-order valence-corrected chi connectivity index (χ2v) is 5.55. The van der Waals surface area contributed by atoms with E-state index < -0.39 is 0 Å². The van der Waals surface area contributed by atoms with Crippen molar-refractivity contribution in [2.24, 2.45) is 10.9 Å². The Hall–Kier alpha value is -1.20. The van der Waals surface area contributed by atoms with Gasteiger partial charge in [-0.3, -0.25) is 0 Å². The lowest BCUT2D eigenvalue weighted by Crippen LogP contribution is -2.18. The number of hydrogen-bond donors (Lipinski definition) is 2. The summed E-state index contributed by atoms with van der Waals surface area (Å²) in [6.07, 6.45) is 2.22. The highest BCUT2D eigenvalue weighted by atomic mass is 32.2. The maximum atomic E-state index is 8.77. The van der Waals surface area contributed by atoms with Gasteiger partial charge < -0.3 is 15.7 Å². The van der Waals surface area contributed by atoms with Crippen LogP contribution >= 0.6 is 11.8 Å². The normalized spacial score (nSPS) is 17.9. The van der Waals surface area contributed by atoms with Crippen LogP contribution in [0.2, 0.25) is 0 Å². The van der Waals surface area contributed by atoms with Crippen LogP contribution in [0.15, 0.2) is 29.4 Å². The molecule has 1 heterocycles. The van der Waals surface area contributed by atoms with Gasteiger partial charge in [-0.1, -0.05) is 29.4 Å². The molecule has 4 nitrogen and oxygen atoms in total. The molecule has 0 bridgehead atoms. The summed E-state index contributed by atoms with van der Waals surface area (Å²) in [6, 6.07) is 7.79. The monoisotopic (exact) mass is 266 g/mol. The summed E-state index contributed by atoms with van der Waals surface area (Å²) in [5, 5.41) is 12.5. The topological polar surface area (TPSA) is 67.8 Å². The molecule has 1 aromatic rings. The molecule has 1 aliphatic rings. The van der Waals surface area contributed by atoms with E-state index in [0.29, 0.717) is 5.25 Å². The van der Waals surface area contributed by atoms with Crippen molar-refractivity contribution < 1.29 is 9.94 Å². The lowest BCUT2D eigenvalue weighted by Gasteiger charge is -2.21. The predicted octanol–water partition coefficient (Wildman–Crippen LogP) is 2.19. The van der Waals surface area contributed by atoms with Crippen molar-refractivity contribution in [1.82, 2.24) is 0 Å². The fourth-order valence-electron chi connectivity index (χ4n) is 2.00. The Morgan fingerprint density at radius 3 is 2.83 bits per heavy atom. The van der Waals surface area contributed by atoms with Gasteiger partial charge in [0.15, 0.2) is 5.84 Å². The van der Waals surface area contributed by atoms with Crippen molar-refractivity contribution in [2.75, 3.05) is 13.2 Å². The van der Waals surface area contributed by atoms with Gasteiger partial charge in [-0.25, -0.2) is 0 Å². The lowest BCUT2D eigenvalue weighted by molar-refractivity contribution is 0.1000. The summed E-state index contributed by atoms with van der Waals surface area (Å²) >= 11 is 1.92. The first-order chi connectivity index (χ1) is 8.81. The van der Waals surface area contributed by atoms with Gasteiger partial charge in [0.25, 0.3) is 0 Å². The Labute approximate surface area is 111 Å². The van der Waals surface area contributed by atoms with E-state index in [9.17, 15) is 0 Å². The quantitative estimate of drug-likeness (QED) is 0.379. The molecular weight excluding hydrogens is 248 g/mol. The van der Waals surface area contributed by atoms with Crippen molar-refractivity contribution in [1.29, 1.82) is 0 Å². The molecule has 5 heteroatoms. The molecule has 3 N–H and O–H groups in total. The minimum absolute atomic E-state index is 0.179. The molecule has 0 atom stereocenters. The maximum Gasteiger partial charge on any atom is 0.170 e. The SMILES string of the molecule is NC(=NO)c1ccccc1CSC1CCOCC1. The van der Waals surface area contributed by atoms with Crippen molar-refractivity contribution in [3.05, 3.63) is 35.4 Å². The molecule has 0 unspecified atom stereocenters. The van der Waals surface area contributed by atoms with Crippen molar-refractivity contribution in [3.63, 3.8) is 0 Å². The van der Waals surface area contributed by atoms with Gasteiger partial charge >= 0.3 is 0 Å². The Bertz CT molecular complexity index is 417. The average Bonchev–Trinajstić information content (AvgIpc) is 2.45. The number of amidine groups is 1. The lowest BCUT2D eigenvalue weighted by atomic mass is 10.1. The zero-order chi connectivity index (χ0) is 12.8. The van der Waals surface area contributed by atoms with Crippen LogP contribution in [-0.4, -0.2) is 29.5 Å². The minimum Gasteiger partial charge on any atom is -0.409 e. The first-order valence-corrected chi connectivity index (χ1v) is 7.11. The van der Waals surface area contributed by atoms with Crippen LogP contribution in [0.5, 0.6) is 0 Å². The van der Waals surface area contributed by atoms with E-state index in [1.807, 2.05) is 36.0 Å². The van der Waals surface area contributed by atoms with Gasteiger partial charge in [0.2, 0.25) is 0 Å². The smallest absolute Gasteiger partial charge is 0.170 e. The van der Waals surface area contributed by atoms with E-state index in [-0.39, 0.29) is 5.84 Å². The summed E-state index contributed by atoms with van der Waals surface area (Å²) in [7, 11) is 0. The summed E-state index contributed by atoms with van der Waals surface area (Å²) in [5.74, 6) is 1.06. The molecule has 0 amide bonds. The molecule has 1 aliphatic heterocycles. The number of rotatable bonds is 4. The van der Waals surface area contributed by atoms with Crippen LogP contribution in [0.4, 0.5) is 0 Å². The number of hydrogen-bond acceptors (Lipinski definition) is 4. The largest absolute Gasteiger partial charge is 0.409 e. The zero-order valence-corrected chi connectivity index (χ0v) is 11.0. The predicted molar refractivity (Wildman–Crippen MR) is 74.1 cm³/mol. The molecule has 1 fully saturated rings. The molecule has 0 saturated carbocycles. The number of ether oxygens (including phenoxy) is 1. The van der Waals surface area contributed by atoms with E-state index >= 15 is 0 Å². The second-order valence-electron chi connectivity index (χ2n) is 4.27. The van der Waals surface area contributed by atoms with E-state index in [0.717, 1.165) is 42.9 Å². The van der Waals surface area contributed by atoms with Crippen LogP contribution in [0.3, 0.4) is 0 Å². The minimum atomic E-state index is 0.179. The van der Waals surface area contributed by atoms with E-state index in [1.54, 1.807) is 0 Å². The van der Waals surface area contributed by atoms with Gasteiger partial charge in [0.05, 0.1) is 0 Å². The molecule has 1 aromatic carbocycles. The zero-order valence-electron chi connectivity index (χ0n) is 10.2. The highest BCUT2D eigenvalue weighted by Crippen LogP contribution is 2.26. The molecule has 0 aliphatic carbocycles. The Kier molecular flexibility index (Phi) is 4.90. The van der Waals surface area contributed by atoms with E-state index in [2.05, 4.69) is 5.16 Å². The molecule has 0 spiro atoms. The highest BCUT2D eigenvalue weighted by molar-refractivity contribution is 7.99. The molecule has 98 valence electrons. The molecular formula is C13H18N2O2S. The summed E-state index contributed by atoms with van der Waals surface area (Å²) in [4.78, 5) is 0. The van der Waals surface area contributed by atoms with Crippen molar-refractivity contribution in [3.8, 4) is 0 Å². The van der Waals surface area contributed by atoms with Crippen LogP contribution < -0.4 is 5.73 Å². The van der Waals surface area contributed by atoms with Crippen LogP contribution in [0.1, 0.15) is 24.0 Å². The third-order valence-electron chi connectivity index (χ3n) is 3.04. The Morgan fingerprint density at radius 1 is 1.39 bits per heavy atom. The number of thioether (sulfide) groups is 1. The van der Waals surface area contributed by atoms with Gasteiger partial charge in [-0.05, 0) is 18.4 Å². The number of oxime groups is 1. The summed E-state index contributed by atoms with van der Waals surface area (Å²) < 4.78 is 5.35. The van der Waals surface area contributed by atoms with Crippen LogP contribution in [-0.2, 0) is 10.5 Å². The third kappa shape index (κ3) is 3.40.